The number of aliphatic imine (C=N–C) groups is 1. The number of anilines is 1. The normalized spacial score (nSPS) is 17.3. The minimum absolute atomic E-state index is 0.0520. The second-order valence-electron chi connectivity index (χ2n) is 6.76. The average molecular weight is 335 g/mol. The second kappa shape index (κ2) is 6.16. The SMILES string of the molecule is Cc1ccc([N+](=O)[O-])cc1N=C/C=C1/N(C)c2ccccc2C1(C)C. The van der Waals surface area contributed by atoms with Crippen LogP contribution in [-0.4, -0.2) is 18.2 Å². The lowest BCUT2D eigenvalue weighted by atomic mass is 9.84. The standard InChI is InChI=1S/C20H21N3O2/c1-14-9-10-15(23(24)25)13-17(14)21-12-11-19-20(2,3)16-7-5-6-8-18(16)22(19)4/h5-13H,1-4H3/b19-11+,21-12?. The van der Waals surface area contributed by atoms with Crippen molar-refractivity contribution in [2.75, 3.05) is 11.9 Å². The van der Waals surface area contributed by atoms with E-state index in [-0.39, 0.29) is 11.1 Å². The molecule has 0 aromatic heterocycles. The van der Waals surface area contributed by atoms with E-state index in [1.165, 1.54) is 23.4 Å². The second-order valence-corrected chi connectivity index (χ2v) is 6.76. The molecule has 0 amide bonds. The molecule has 5 nitrogen and oxygen atoms in total. The molecule has 5 heteroatoms. The molecule has 1 aliphatic heterocycles. The molecule has 1 aliphatic rings. The zero-order valence-electron chi connectivity index (χ0n) is 14.9. The van der Waals surface area contributed by atoms with Gasteiger partial charge in [-0.2, -0.15) is 0 Å². The molecule has 0 fully saturated rings. The fourth-order valence-electron chi connectivity index (χ4n) is 3.34. The van der Waals surface area contributed by atoms with Crippen LogP contribution in [0.5, 0.6) is 0 Å². The highest BCUT2D eigenvalue weighted by Crippen LogP contribution is 2.46. The van der Waals surface area contributed by atoms with E-state index in [9.17, 15) is 10.1 Å². The Balaban J connectivity index is 1.94. The molecule has 2 aromatic carbocycles. The van der Waals surface area contributed by atoms with Gasteiger partial charge in [-0.3, -0.25) is 15.1 Å². The largest absolute Gasteiger partial charge is 0.347 e. The molecule has 0 atom stereocenters. The van der Waals surface area contributed by atoms with E-state index in [0.29, 0.717) is 5.69 Å². The molecule has 1 heterocycles. The van der Waals surface area contributed by atoms with Crippen molar-refractivity contribution in [3.8, 4) is 0 Å². The van der Waals surface area contributed by atoms with Crippen LogP contribution < -0.4 is 4.90 Å². The summed E-state index contributed by atoms with van der Waals surface area (Å²) in [5.41, 5.74) is 5.07. The summed E-state index contributed by atoms with van der Waals surface area (Å²) in [5.74, 6) is 0. The van der Waals surface area contributed by atoms with Crippen LogP contribution in [0, 0.1) is 17.0 Å². The predicted molar refractivity (Wildman–Crippen MR) is 102 cm³/mol. The van der Waals surface area contributed by atoms with Gasteiger partial charge in [-0.25, -0.2) is 0 Å². The van der Waals surface area contributed by atoms with E-state index in [2.05, 4.69) is 41.9 Å². The van der Waals surface area contributed by atoms with E-state index >= 15 is 0 Å². The number of para-hydroxylation sites is 1. The van der Waals surface area contributed by atoms with Crippen LogP contribution in [0.15, 0.2) is 59.2 Å². The third kappa shape index (κ3) is 2.93. The Bertz CT molecular complexity index is 898. The van der Waals surface area contributed by atoms with Crippen LogP contribution in [0.4, 0.5) is 17.1 Å². The lowest BCUT2D eigenvalue weighted by Gasteiger charge is -2.23. The van der Waals surface area contributed by atoms with Gasteiger partial charge in [0.15, 0.2) is 0 Å². The molecule has 0 saturated heterocycles. The third-order valence-electron chi connectivity index (χ3n) is 4.79. The molecule has 0 N–H and O–H groups in total. The Morgan fingerprint density at radius 2 is 1.92 bits per heavy atom. The first kappa shape index (κ1) is 16.9. The molecule has 25 heavy (non-hydrogen) atoms. The monoisotopic (exact) mass is 335 g/mol. The molecular weight excluding hydrogens is 314 g/mol. The quantitative estimate of drug-likeness (QED) is 0.454. The van der Waals surface area contributed by atoms with E-state index in [1.807, 2.05) is 26.1 Å². The topological polar surface area (TPSA) is 58.7 Å². The van der Waals surface area contributed by atoms with Gasteiger partial charge in [0.1, 0.15) is 0 Å². The van der Waals surface area contributed by atoms with Crippen molar-refractivity contribution in [3.05, 3.63) is 75.5 Å². The minimum Gasteiger partial charge on any atom is -0.347 e. The molecule has 0 spiro atoms. The van der Waals surface area contributed by atoms with Crippen molar-refractivity contribution in [2.24, 2.45) is 4.99 Å². The van der Waals surface area contributed by atoms with Crippen LogP contribution in [0.2, 0.25) is 0 Å². The number of nitro groups is 1. The lowest BCUT2D eigenvalue weighted by molar-refractivity contribution is -0.384. The third-order valence-corrected chi connectivity index (χ3v) is 4.79. The number of hydrogen-bond donors (Lipinski definition) is 0. The van der Waals surface area contributed by atoms with Crippen molar-refractivity contribution < 1.29 is 4.92 Å². The molecule has 0 bridgehead atoms. The number of nitrogens with zero attached hydrogens (tertiary/aromatic N) is 3. The molecule has 2 aromatic rings. The number of allylic oxidation sites excluding steroid dienone is 2. The molecular formula is C20H21N3O2. The number of likely N-dealkylation sites (N-methyl/N-ethyl adjacent to an activating group) is 1. The van der Waals surface area contributed by atoms with Crippen LogP contribution in [0.1, 0.15) is 25.0 Å². The van der Waals surface area contributed by atoms with Gasteiger partial charge in [0, 0.05) is 42.2 Å². The van der Waals surface area contributed by atoms with Gasteiger partial charge in [-0.1, -0.05) is 38.1 Å². The summed E-state index contributed by atoms with van der Waals surface area (Å²) in [6, 6.07) is 13.1. The van der Waals surface area contributed by atoms with Gasteiger partial charge in [0.2, 0.25) is 0 Å². The minimum atomic E-state index is -0.401. The predicted octanol–water partition coefficient (Wildman–Crippen LogP) is 4.92. The maximum atomic E-state index is 10.9. The van der Waals surface area contributed by atoms with Crippen molar-refractivity contribution >= 4 is 23.3 Å². The summed E-state index contributed by atoms with van der Waals surface area (Å²) in [4.78, 5) is 17.1. The first-order valence-corrected chi connectivity index (χ1v) is 8.15. The summed E-state index contributed by atoms with van der Waals surface area (Å²) in [5, 5.41) is 10.9. The van der Waals surface area contributed by atoms with Crippen molar-refractivity contribution in [1.82, 2.24) is 0 Å². The van der Waals surface area contributed by atoms with Gasteiger partial charge in [-0.15, -0.1) is 0 Å². The Labute approximate surface area is 147 Å². The molecule has 0 aliphatic carbocycles. The number of rotatable bonds is 3. The van der Waals surface area contributed by atoms with Gasteiger partial charge >= 0.3 is 0 Å². The van der Waals surface area contributed by atoms with Gasteiger partial charge in [0.25, 0.3) is 5.69 Å². The zero-order valence-corrected chi connectivity index (χ0v) is 14.9. The Kier molecular flexibility index (Phi) is 4.17. The molecule has 128 valence electrons. The first-order valence-electron chi connectivity index (χ1n) is 8.15. The Morgan fingerprint density at radius 1 is 1.20 bits per heavy atom. The molecule has 0 radical (unpaired) electrons. The van der Waals surface area contributed by atoms with Gasteiger partial charge in [0.05, 0.1) is 10.6 Å². The Hall–Kier alpha value is -2.95. The summed E-state index contributed by atoms with van der Waals surface area (Å²) in [6.45, 7) is 6.27. The highest BCUT2D eigenvalue weighted by atomic mass is 16.6. The van der Waals surface area contributed by atoms with E-state index in [1.54, 1.807) is 12.3 Å². The lowest BCUT2D eigenvalue weighted by Crippen LogP contribution is -2.23. The smallest absolute Gasteiger partial charge is 0.271 e. The maximum Gasteiger partial charge on any atom is 0.271 e. The molecule has 0 saturated carbocycles. The number of aryl methyl sites for hydroxylation is 1. The van der Waals surface area contributed by atoms with Gasteiger partial charge in [-0.05, 0) is 30.2 Å². The fourth-order valence-corrected chi connectivity index (χ4v) is 3.34. The zero-order chi connectivity index (χ0) is 18.2. The van der Waals surface area contributed by atoms with Crippen LogP contribution in [0.25, 0.3) is 0 Å². The van der Waals surface area contributed by atoms with Crippen molar-refractivity contribution in [1.29, 1.82) is 0 Å². The summed E-state index contributed by atoms with van der Waals surface area (Å²) in [6.07, 6.45) is 3.71. The van der Waals surface area contributed by atoms with Crippen molar-refractivity contribution in [2.45, 2.75) is 26.2 Å². The molecule has 3 rings (SSSR count). The number of nitro benzene ring substituents is 1. The summed E-state index contributed by atoms with van der Waals surface area (Å²) in [7, 11) is 2.05. The first-order chi connectivity index (χ1) is 11.8. The number of hydrogen-bond acceptors (Lipinski definition) is 4. The number of benzene rings is 2. The maximum absolute atomic E-state index is 10.9. The summed E-state index contributed by atoms with van der Waals surface area (Å²) < 4.78 is 0. The van der Waals surface area contributed by atoms with E-state index in [4.69, 9.17) is 0 Å². The van der Waals surface area contributed by atoms with E-state index < -0.39 is 4.92 Å². The number of fused-ring (bicyclic) bond motifs is 1. The van der Waals surface area contributed by atoms with Crippen LogP contribution in [0.3, 0.4) is 0 Å². The number of non-ortho nitro benzene ring substituents is 1. The van der Waals surface area contributed by atoms with Crippen molar-refractivity contribution in [3.63, 3.8) is 0 Å². The highest BCUT2D eigenvalue weighted by Gasteiger charge is 2.37. The fraction of sp³-hybridized carbons (Fsp3) is 0.250. The Morgan fingerprint density at radius 3 is 2.60 bits per heavy atom. The highest BCUT2D eigenvalue weighted by molar-refractivity contribution is 5.81. The average Bonchev–Trinajstić information content (AvgIpc) is 2.77. The van der Waals surface area contributed by atoms with Crippen LogP contribution in [-0.2, 0) is 5.41 Å². The summed E-state index contributed by atoms with van der Waals surface area (Å²) >= 11 is 0. The van der Waals surface area contributed by atoms with Gasteiger partial charge < -0.3 is 4.90 Å². The molecule has 0 unspecified atom stereocenters. The van der Waals surface area contributed by atoms with E-state index in [0.717, 1.165) is 11.3 Å². The van der Waals surface area contributed by atoms with Crippen LogP contribution >= 0.6 is 0 Å².